The lowest BCUT2D eigenvalue weighted by atomic mass is 10.2. The van der Waals surface area contributed by atoms with E-state index in [0.717, 1.165) is 23.5 Å². The van der Waals surface area contributed by atoms with Crippen molar-refractivity contribution in [3.05, 3.63) is 47.3 Å². The van der Waals surface area contributed by atoms with Gasteiger partial charge in [0, 0.05) is 26.1 Å². The second kappa shape index (κ2) is 7.82. The van der Waals surface area contributed by atoms with Crippen LogP contribution >= 0.6 is 11.3 Å². The molecule has 0 aliphatic rings. The highest BCUT2D eigenvalue weighted by Gasteiger charge is 2.21. The molecule has 0 saturated carbocycles. The van der Waals surface area contributed by atoms with Crippen LogP contribution in [0.25, 0.3) is 0 Å². The molecule has 0 spiro atoms. The third-order valence-electron chi connectivity index (χ3n) is 3.24. The van der Waals surface area contributed by atoms with Crippen molar-refractivity contribution in [2.24, 2.45) is 0 Å². The summed E-state index contributed by atoms with van der Waals surface area (Å²) in [5.74, 6) is -2.06. The molecule has 0 aliphatic carbocycles. The molecule has 1 N–H and O–H groups in total. The molecule has 5 nitrogen and oxygen atoms in total. The van der Waals surface area contributed by atoms with Crippen LogP contribution in [0.4, 0.5) is 14.5 Å². The van der Waals surface area contributed by atoms with Crippen molar-refractivity contribution >= 4 is 33.0 Å². The predicted octanol–water partition coefficient (Wildman–Crippen LogP) is 3.07. The van der Waals surface area contributed by atoms with Crippen molar-refractivity contribution in [3.63, 3.8) is 0 Å². The highest BCUT2D eigenvalue weighted by Crippen LogP contribution is 2.20. The number of sulfonamides is 1. The van der Waals surface area contributed by atoms with Crippen LogP contribution in [0.15, 0.2) is 39.9 Å². The fraction of sp³-hybridized carbons (Fsp3) is 0.267. The molecule has 1 amide bonds. The van der Waals surface area contributed by atoms with Gasteiger partial charge >= 0.3 is 0 Å². The Kier molecular flexibility index (Phi) is 6.03. The van der Waals surface area contributed by atoms with Gasteiger partial charge in [0.25, 0.3) is 10.0 Å². The molecule has 0 saturated heterocycles. The molecule has 1 heterocycles. The van der Waals surface area contributed by atoms with Crippen LogP contribution in [0.1, 0.15) is 12.8 Å². The zero-order valence-corrected chi connectivity index (χ0v) is 14.5. The lowest BCUT2D eigenvalue weighted by Crippen LogP contribution is -2.28. The van der Waals surface area contributed by atoms with E-state index in [1.54, 1.807) is 11.4 Å². The number of amides is 1. The van der Waals surface area contributed by atoms with Crippen LogP contribution in [0.3, 0.4) is 0 Å². The summed E-state index contributed by atoms with van der Waals surface area (Å²) in [7, 11) is -2.11. The summed E-state index contributed by atoms with van der Waals surface area (Å²) in [6.45, 7) is 0.152. The van der Waals surface area contributed by atoms with E-state index in [0.29, 0.717) is 6.07 Å². The number of hydrogen-bond donors (Lipinski definition) is 1. The van der Waals surface area contributed by atoms with Gasteiger partial charge in [0.15, 0.2) is 0 Å². The minimum Gasteiger partial charge on any atom is -0.324 e. The van der Waals surface area contributed by atoms with Crippen molar-refractivity contribution in [2.45, 2.75) is 17.1 Å². The molecule has 24 heavy (non-hydrogen) atoms. The van der Waals surface area contributed by atoms with Crippen LogP contribution < -0.4 is 5.32 Å². The number of anilines is 1. The molecule has 0 unspecified atom stereocenters. The zero-order valence-electron chi connectivity index (χ0n) is 12.8. The molecule has 0 radical (unpaired) electrons. The van der Waals surface area contributed by atoms with E-state index in [4.69, 9.17) is 0 Å². The van der Waals surface area contributed by atoms with E-state index in [9.17, 15) is 22.0 Å². The van der Waals surface area contributed by atoms with E-state index < -0.39 is 27.6 Å². The third kappa shape index (κ3) is 4.59. The van der Waals surface area contributed by atoms with Gasteiger partial charge in [-0.25, -0.2) is 21.5 Å². The van der Waals surface area contributed by atoms with Crippen LogP contribution in [-0.4, -0.2) is 32.2 Å². The molecule has 1 aromatic carbocycles. The SMILES string of the molecule is CN(CCCC(=O)Nc1ccc(F)cc1F)S(=O)(=O)c1cccs1. The topological polar surface area (TPSA) is 66.5 Å². The summed E-state index contributed by atoms with van der Waals surface area (Å²) in [6.07, 6.45) is 0.289. The Labute approximate surface area is 143 Å². The number of carbonyl (C=O) groups excluding carboxylic acids is 1. The zero-order chi connectivity index (χ0) is 17.7. The van der Waals surface area contributed by atoms with Crippen molar-refractivity contribution < 1.29 is 22.0 Å². The largest absolute Gasteiger partial charge is 0.324 e. The van der Waals surface area contributed by atoms with Crippen LogP contribution in [0, 0.1) is 11.6 Å². The number of carbonyl (C=O) groups is 1. The van der Waals surface area contributed by atoms with Gasteiger partial charge < -0.3 is 5.32 Å². The predicted molar refractivity (Wildman–Crippen MR) is 88.4 cm³/mol. The fourth-order valence-corrected chi connectivity index (χ4v) is 4.36. The maximum atomic E-state index is 13.4. The second-order valence-electron chi connectivity index (χ2n) is 5.03. The van der Waals surface area contributed by atoms with E-state index in [-0.39, 0.29) is 29.3 Å². The molecule has 2 rings (SSSR count). The lowest BCUT2D eigenvalue weighted by Gasteiger charge is -2.15. The number of benzene rings is 1. The molecular weight excluding hydrogens is 358 g/mol. The molecule has 9 heteroatoms. The van der Waals surface area contributed by atoms with Gasteiger partial charge in [-0.1, -0.05) is 6.07 Å². The Bertz CT molecular complexity index is 808. The summed E-state index contributed by atoms with van der Waals surface area (Å²) in [4.78, 5) is 11.8. The maximum absolute atomic E-state index is 13.4. The Morgan fingerprint density at radius 1 is 1.29 bits per heavy atom. The third-order valence-corrected chi connectivity index (χ3v) is 6.47. The molecule has 2 aromatic rings. The number of hydrogen-bond acceptors (Lipinski definition) is 4. The molecule has 0 aliphatic heterocycles. The van der Waals surface area contributed by atoms with Crippen molar-refractivity contribution in [2.75, 3.05) is 18.9 Å². The Balaban J connectivity index is 1.84. The van der Waals surface area contributed by atoms with Crippen LogP contribution in [0.5, 0.6) is 0 Å². The first-order chi connectivity index (χ1) is 11.3. The lowest BCUT2D eigenvalue weighted by molar-refractivity contribution is -0.116. The van der Waals surface area contributed by atoms with Gasteiger partial charge in [-0.15, -0.1) is 11.3 Å². The summed E-state index contributed by atoms with van der Waals surface area (Å²) < 4.78 is 52.0. The van der Waals surface area contributed by atoms with Gasteiger partial charge in [0.1, 0.15) is 15.8 Å². The van der Waals surface area contributed by atoms with Gasteiger partial charge in [0.05, 0.1) is 5.69 Å². The highest BCUT2D eigenvalue weighted by molar-refractivity contribution is 7.91. The Hall–Kier alpha value is -1.84. The minimum atomic E-state index is -3.55. The molecule has 1 aromatic heterocycles. The molecular formula is C15H16F2N2O3S2. The Morgan fingerprint density at radius 2 is 2.04 bits per heavy atom. The van der Waals surface area contributed by atoms with Gasteiger partial charge in [-0.05, 0) is 30.0 Å². The fourth-order valence-electron chi connectivity index (χ4n) is 1.95. The maximum Gasteiger partial charge on any atom is 0.252 e. The van der Waals surface area contributed by atoms with E-state index in [1.165, 1.54) is 17.4 Å². The molecule has 0 atom stereocenters. The highest BCUT2D eigenvalue weighted by atomic mass is 32.2. The number of nitrogens with zero attached hydrogens (tertiary/aromatic N) is 1. The average molecular weight is 374 g/mol. The van der Waals surface area contributed by atoms with Crippen molar-refractivity contribution in [1.29, 1.82) is 0 Å². The smallest absolute Gasteiger partial charge is 0.252 e. The molecule has 0 fully saturated rings. The van der Waals surface area contributed by atoms with E-state index in [2.05, 4.69) is 5.32 Å². The summed E-state index contributed by atoms with van der Waals surface area (Å²) in [6, 6.07) is 6.02. The van der Waals surface area contributed by atoms with E-state index in [1.807, 2.05) is 0 Å². The summed E-state index contributed by atoms with van der Waals surface area (Å²) in [5.41, 5.74) is -0.110. The van der Waals surface area contributed by atoms with Gasteiger partial charge in [0.2, 0.25) is 5.91 Å². The first-order valence-electron chi connectivity index (χ1n) is 7.05. The molecule has 0 bridgehead atoms. The number of halogens is 2. The first kappa shape index (κ1) is 18.5. The molecule has 130 valence electrons. The van der Waals surface area contributed by atoms with Crippen LogP contribution in [-0.2, 0) is 14.8 Å². The average Bonchev–Trinajstić information content (AvgIpc) is 3.05. The summed E-state index contributed by atoms with van der Waals surface area (Å²) >= 11 is 1.12. The quantitative estimate of drug-likeness (QED) is 0.810. The normalized spacial score (nSPS) is 11.7. The Morgan fingerprint density at radius 3 is 2.67 bits per heavy atom. The van der Waals surface area contributed by atoms with Crippen LogP contribution in [0.2, 0.25) is 0 Å². The summed E-state index contributed by atoms with van der Waals surface area (Å²) in [5, 5.41) is 4.00. The first-order valence-corrected chi connectivity index (χ1v) is 9.37. The number of nitrogens with one attached hydrogen (secondary N) is 1. The van der Waals surface area contributed by atoms with Crippen molar-refractivity contribution in [3.8, 4) is 0 Å². The minimum absolute atomic E-state index is 0.0150. The van der Waals surface area contributed by atoms with Gasteiger partial charge in [-0.3, -0.25) is 4.79 Å². The number of thiophene rings is 1. The monoisotopic (exact) mass is 374 g/mol. The standard InChI is InChI=1S/C15H16F2N2O3S2/c1-19(24(21,22)15-5-3-9-23-15)8-2-4-14(20)18-13-7-6-11(16)10-12(13)17/h3,5-7,9-10H,2,4,8H2,1H3,(H,18,20). The number of rotatable bonds is 7. The van der Waals surface area contributed by atoms with E-state index >= 15 is 0 Å². The second-order valence-corrected chi connectivity index (χ2v) is 8.25. The van der Waals surface area contributed by atoms with Crippen molar-refractivity contribution in [1.82, 2.24) is 4.31 Å². The van der Waals surface area contributed by atoms with Gasteiger partial charge in [-0.2, -0.15) is 0 Å².